The molecule has 0 saturated heterocycles. The Balaban J connectivity index is 2.72. The first-order chi connectivity index (χ1) is 7.84. The van der Waals surface area contributed by atoms with Crippen LogP contribution in [-0.4, -0.2) is 31.1 Å². The lowest BCUT2D eigenvalue weighted by molar-refractivity contribution is 0.475. The minimum atomic E-state index is -2.97. The van der Waals surface area contributed by atoms with Crippen LogP contribution < -0.4 is 5.32 Å². The zero-order valence-corrected chi connectivity index (χ0v) is 11.2. The second-order valence-corrected chi connectivity index (χ2v) is 6.64. The van der Waals surface area contributed by atoms with Crippen LogP contribution in [-0.2, 0) is 9.84 Å². The van der Waals surface area contributed by atoms with Gasteiger partial charge in [0.05, 0.1) is 5.75 Å². The molecule has 0 radical (unpaired) electrons. The van der Waals surface area contributed by atoms with Gasteiger partial charge >= 0.3 is 0 Å². The van der Waals surface area contributed by atoms with Crippen LogP contribution >= 0.6 is 0 Å². The number of hydrogen-bond acceptors (Lipinski definition) is 4. The number of sulfone groups is 1. The van der Waals surface area contributed by atoms with Crippen LogP contribution in [0.1, 0.15) is 19.4 Å². The predicted octanol–water partition coefficient (Wildman–Crippen LogP) is 1.94. The number of benzene rings is 1. The van der Waals surface area contributed by atoms with Crippen molar-refractivity contribution in [3.05, 3.63) is 23.8 Å². The number of anilines is 1. The van der Waals surface area contributed by atoms with Crippen LogP contribution in [0.4, 0.5) is 5.69 Å². The Bertz CT molecular complexity index is 483. The van der Waals surface area contributed by atoms with Gasteiger partial charge in [-0.05, 0) is 37.6 Å². The van der Waals surface area contributed by atoms with E-state index in [1.165, 1.54) is 0 Å². The van der Waals surface area contributed by atoms with Crippen LogP contribution in [0.2, 0.25) is 0 Å². The van der Waals surface area contributed by atoms with Gasteiger partial charge in [0.15, 0.2) is 9.84 Å². The van der Waals surface area contributed by atoms with E-state index in [1.54, 1.807) is 25.1 Å². The van der Waals surface area contributed by atoms with Gasteiger partial charge in [0.2, 0.25) is 0 Å². The topological polar surface area (TPSA) is 66.4 Å². The van der Waals surface area contributed by atoms with Crippen molar-refractivity contribution in [1.82, 2.24) is 0 Å². The molecule has 5 heteroatoms. The Labute approximate surface area is 103 Å². The molecule has 1 aromatic carbocycles. The smallest absolute Gasteiger partial charge is 0.152 e. The Kier molecular flexibility index (Phi) is 4.40. The number of phenolic OH excluding ortho intramolecular Hbond substituents is 1. The van der Waals surface area contributed by atoms with Gasteiger partial charge in [0.25, 0.3) is 0 Å². The number of aryl methyl sites for hydroxylation is 1. The van der Waals surface area contributed by atoms with E-state index in [9.17, 15) is 13.5 Å². The summed E-state index contributed by atoms with van der Waals surface area (Å²) in [5.74, 6) is 0.485. The van der Waals surface area contributed by atoms with Crippen molar-refractivity contribution in [2.24, 2.45) is 0 Å². The maximum atomic E-state index is 11.5. The second-order valence-electron chi connectivity index (χ2n) is 4.24. The Morgan fingerprint density at radius 1 is 1.41 bits per heavy atom. The molecule has 17 heavy (non-hydrogen) atoms. The van der Waals surface area contributed by atoms with Crippen LogP contribution in [0.5, 0.6) is 5.75 Å². The highest BCUT2D eigenvalue weighted by Gasteiger charge is 2.14. The largest absolute Gasteiger partial charge is 0.508 e. The highest BCUT2D eigenvalue weighted by molar-refractivity contribution is 7.91. The van der Waals surface area contributed by atoms with Gasteiger partial charge in [-0.15, -0.1) is 0 Å². The lowest BCUT2D eigenvalue weighted by atomic mass is 10.2. The summed E-state index contributed by atoms with van der Waals surface area (Å²) in [7, 11) is -2.97. The molecule has 0 aliphatic carbocycles. The third-order valence-electron chi connectivity index (χ3n) is 2.56. The summed E-state index contributed by atoms with van der Waals surface area (Å²) in [5.41, 5.74) is 1.74. The summed E-state index contributed by atoms with van der Waals surface area (Å²) < 4.78 is 22.9. The molecule has 1 atom stereocenters. The summed E-state index contributed by atoms with van der Waals surface area (Å²) in [5, 5.41) is 12.4. The minimum Gasteiger partial charge on any atom is -0.508 e. The van der Waals surface area contributed by atoms with E-state index in [0.717, 1.165) is 11.3 Å². The third-order valence-corrected chi connectivity index (χ3v) is 4.44. The minimum absolute atomic E-state index is 0.115. The van der Waals surface area contributed by atoms with Gasteiger partial charge in [-0.1, -0.05) is 6.92 Å². The molecule has 96 valence electrons. The zero-order chi connectivity index (χ0) is 13.1. The molecule has 4 nitrogen and oxygen atoms in total. The molecule has 0 spiro atoms. The van der Waals surface area contributed by atoms with E-state index in [0.29, 0.717) is 0 Å². The SMILES string of the molecule is CCS(=O)(=O)CC(C)Nc1ccc(O)cc1C. The third kappa shape index (κ3) is 4.26. The van der Waals surface area contributed by atoms with Crippen LogP contribution in [0.25, 0.3) is 0 Å². The first-order valence-corrected chi connectivity index (χ1v) is 7.43. The highest BCUT2D eigenvalue weighted by atomic mass is 32.2. The maximum Gasteiger partial charge on any atom is 0.152 e. The van der Waals surface area contributed by atoms with Crippen LogP contribution in [0, 0.1) is 6.92 Å². The number of hydrogen-bond donors (Lipinski definition) is 2. The first kappa shape index (κ1) is 13.8. The number of rotatable bonds is 5. The molecule has 0 heterocycles. The van der Waals surface area contributed by atoms with Crippen molar-refractivity contribution in [3.63, 3.8) is 0 Å². The van der Waals surface area contributed by atoms with Crippen molar-refractivity contribution >= 4 is 15.5 Å². The molecule has 0 aliphatic heterocycles. The van der Waals surface area contributed by atoms with Gasteiger partial charge in [-0.3, -0.25) is 0 Å². The molecule has 0 aliphatic rings. The molecule has 1 aromatic rings. The lowest BCUT2D eigenvalue weighted by Gasteiger charge is -2.16. The number of nitrogens with one attached hydrogen (secondary N) is 1. The molecule has 0 saturated carbocycles. The lowest BCUT2D eigenvalue weighted by Crippen LogP contribution is -2.26. The van der Waals surface area contributed by atoms with Crippen molar-refractivity contribution in [3.8, 4) is 5.75 Å². The molecule has 0 amide bonds. The molecule has 2 N–H and O–H groups in total. The van der Waals surface area contributed by atoms with E-state index in [-0.39, 0.29) is 23.3 Å². The van der Waals surface area contributed by atoms with Gasteiger partial charge in [0, 0.05) is 17.5 Å². The standard InChI is InChI=1S/C12H19NO3S/c1-4-17(15,16)8-10(3)13-12-6-5-11(14)7-9(12)2/h5-7,10,13-14H,4,8H2,1-3H3. The van der Waals surface area contributed by atoms with E-state index in [2.05, 4.69) is 5.32 Å². The predicted molar refractivity (Wildman–Crippen MR) is 70.3 cm³/mol. The second kappa shape index (κ2) is 5.40. The molecule has 1 unspecified atom stereocenters. The fourth-order valence-electron chi connectivity index (χ4n) is 1.62. The quantitative estimate of drug-likeness (QED) is 0.791. The summed E-state index contributed by atoms with van der Waals surface area (Å²) in [6, 6.07) is 4.82. The van der Waals surface area contributed by atoms with Crippen molar-refractivity contribution < 1.29 is 13.5 Å². The number of aromatic hydroxyl groups is 1. The van der Waals surface area contributed by atoms with Crippen molar-refractivity contribution in [1.29, 1.82) is 0 Å². The molecular weight excluding hydrogens is 238 g/mol. The highest BCUT2D eigenvalue weighted by Crippen LogP contribution is 2.20. The Morgan fingerprint density at radius 3 is 2.59 bits per heavy atom. The van der Waals surface area contributed by atoms with E-state index < -0.39 is 9.84 Å². The molecular formula is C12H19NO3S. The molecule has 1 rings (SSSR count). The first-order valence-electron chi connectivity index (χ1n) is 5.60. The molecule has 0 fully saturated rings. The van der Waals surface area contributed by atoms with Gasteiger partial charge < -0.3 is 10.4 Å². The van der Waals surface area contributed by atoms with Crippen molar-refractivity contribution in [2.45, 2.75) is 26.8 Å². The number of phenols is 1. The summed E-state index contributed by atoms with van der Waals surface area (Å²) in [6.07, 6.45) is 0. The van der Waals surface area contributed by atoms with E-state index >= 15 is 0 Å². The monoisotopic (exact) mass is 257 g/mol. The Hall–Kier alpha value is -1.23. The molecule has 0 bridgehead atoms. The average Bonchev–Trinajstić information content (AvgIpc) is 2.21. The van der Waals surface area contributed by atoms with Crippen LogP contribution in [0.3, 0.4) is 0 Å². The van der Waals surface area contributed by atoms with Crippen LogP contribution in [0.15, 0.2) is 18.2 Å². The van der Waals surface area contributed by atoms with E-state index in [4.69, 9.17) is 0 Å². The van der Waals surface area contributed by atoms with E-state index in [1.807, 2.05) is 13.8 Å². The maximum absolute atomic E-state index is 11.5. The summed E-state index contributed by atoms with van der Waals surface area (Å²) >= 11 is 0. The normalized spacial score (nSPS) is 13.4. The van der Waals surface area contributed by atoms with Gasteiger partial charge in [-0.2, -0.15) is 0 Å². The summed E-state index contributed by atoms with van der Waals surface area (Å²) in [6.45, 7) is 5.34. The van der Waals surface area contributed by atoms with Gasteiger partial charge in [0.1, 0.15) is 5.75 Å². The fraction of sp³-hybridized carbons (Fsp3) is 0.500. The van der Waals surface area contributed by atoms with Gasteiger partial charge in [-0.25, -0.2) is 8.42 Å². The summed E-state index contributed by atoms with van der Waals surface area (Å²) in [4.78, 5) is 0. The fourth-order valence-corrected chi connectivity index (χ4v) is 2.70. The van der Waals surface area contributed by atoms with Crippen molar-refractivity contribution in [2.75, 3.05) is 16.8 Å². The Morgan fingerprint density at radius 2 is 2.06 bits per heavy atom. The zero-order valence-electron chi connectivity index (χ0n) is 10.4. The molecule has 0 aromatic heterocycles. The average molecular weight is 257 g/mol.